The molecule has 1 amide bonds. The molecular weight excluding hydrogens is 253 g/mol. The number of carbonyl (C=O) groups is 1. The van der Waals surface area contributed by atoms with Gasteiger partial charge in [-0.2, -0.15) is 0 Å². The molecule has 0 heterocycles. The largest absolute Gasteiger partial charge is 0.332 e. The standard InChI is InChI=1S/C8H8INO/c9-7-2-1-3-8(5-4-7)10-6-11/h1-2,4-6H,3H2,(H,10,11). The number of amides is 1. The fraction of sp³-hybridized carbons (Fsp3) is 0.125. The van der Waals surface area contributed by atoms with E-state index in [0.717, 1.165) is 12.1 Å². The van der Waals surface area contributed by atoms with Crippen LogP contribution < -0.4 is 5.32 Å². The van der Waals surface area contributed by atoms with Crippen LogP contribution in [0.25, 0.3) is 0 Å². The van der Waals surface area contributed by atoms with Crippen molar-refractivity contribution in [1.29, 1.82) is 0 Å². The number of nitrogens with one attached hydrogen (secondary N) is 1. The Hall–Kier alpha value is -0.580. The quantitative estimate of drug-likeness (QED) is 0.597. The van der Waals surface area contributed by atoms with Gasteiger partial charge in [0.2, 0.25) is 6.41 Å². The van der Waals surface area contributed by atoms with Crippen molar-refractivity contribution in [3.05, 3.63) is 33.6 Å². The van der Waals surface area contributed by atoms with Gasteiger partial charge in [0.25, 0.3) is 0 Å². The van der Waals surface area contributed by atoms with Gasteiger partial charge in [0.1, 0.15) is 0 Å². The predicted molar refractivity (Wildman–Crippen MR) is 53.1 cm³/mol. The van der Waals surface area contributed by atoms with E-state index in [2.05, 4.69) is 27.9 Å². The number of allylic oxidation sites excluding steroid dienone is 5. The summed E-state index contributed by atoms with van der Waals surface area (Å²) in [5.74, 6) is 0. The van der Waals surface area contributed by atoms with E-state index in [1.165, 1.54) is 3.58 Å². The second kappa shape index (κ2) is 4.33. The third-order valence-corrected chi connectivity index (χ3v) is 2.02. The van der Waals surface area contributed by atoms with Crippen LogP contribution in [0.5, 0.6) is 0 Å². The summed E-state index contributed by atoms with van der Waals surface area (Å²) in [7, 11) is 0. The molecule has 0 spiro atoms. The van der Waals surface area contributed by atoms with E-state index in [-0.39, 0.29) is 0 Å². The van der Waals surface area contributed by atoms with Crippen LogP contribution in [0.4, 0.5) is 0 Å². The Labute approximate surface area is 79.2 Å². The SMILES string of the molecule is O=CNC1=CC=C(I)C=CC1. The highest BCUT2D eigenvalue weighted by molar-refractivity contribution is 14.1. The van der Waals surface area contributed by atoms with E-state index in [1.54, 1.807) is 0 Å². The van der Waals surface area contributed by atoms with Gasteiger partial charge in [-0.25, -0.2) is 0 Å². The lowest BCUT2D eigenvalue weighted by molar-refractivity contribution is -0.108. The Balaban J connectivity index is 2.69. The molecule has 0 aromatic heterocycles. The molecule has 58 valence electrons. The topological polar surface area (TPSA) is 29.1 Å². The zero-order valence-electron chi connectivity index (χ0n) is 5.88. The molecule has 1 N–H and O–H groups in total. The molecule has 11 heavy (non-hydrogen) atoms. The van der Waals surface area contributed by atoms with Crippen molar-refractivity contribution in [2.45, 2.75) is 6.42 Å². The normalized spacial score (nSPS) is 16.5. The lowest BCUT2D eigenvalue weighted by Gasteiger charge is -1.97. The molecule has 0 atom stereocenters. The summed E-state index contributed by atoms with van der Waals surface area (Å²) in [5.41, 5.74) is 0.933. The molecule has 0 saturated carbocycles. The molecule has 3 heteroatoms. The predicted octanol–water partition coefficient (Wildman–Crippen LogP) is 1.90. The minimum absolute atomic E-state index is 0.700. The molecule has 1 aliphatic rings. The van der Waals surface area contributed by atoms with Gasteiger partial charge in [-0.1, -0.05) is 12.2 Å². The number of carbonyl (C=O) groups excluding carboxylic acids is 1. The van der Waals surface area contributed by atoms with Crippen LogP contribution in [0.15, 0.2) is 33.6 Å². The van der Waals surface area contributed by atoms with Crippen LogP contribution in [0, 0.1) is 0 Å². The molecule has 1 aliphatic carbocycles. The molecule has 0 aromatic carbocycles. The summed E-state index contributed by atoms with van der Waals surface area (Å²) in [6, 6.07) is 0. The number of halogens is 1. The molecule has 0 unspecified atom stereocenters. The molecule has 2 nitrogen and oxygen atoms in total. The van der Waals surface area contributed by atoms with Gasteiger partial charge in [0.15, 0.2) is 0 Å². The third-order valence-electron chi connectivity index (χ3n) is 1.30. The summed E-state index contributed by atoms with van der Waals surface area (Å²) in [5, 5.41) is 2.63. The third kappa shape index (κ3) is 2.88. The zero-order valence-corrected chi connectivity index (χ0v) is 8.04. The van der Waals surface area contributed by atoms with E-state index in [1.807, 2.05) is 24.3 Å². The summed E-state index contributed by atoms with van der Waals surface area (Å²) in [6.07, 6.45) is 9.42. The van der Waals surface area contributed by atoms with Gasteiger partial charge in [-0.15, -0.1) is 0 Å². The van der Waals surface area contributed by atoms with E-state index in [9.17, 15) is 4.79 Å². The lowest BCUT2D eigenvalue weighted by atomic mass is 10.3. The van der Waals surface area contributed by atoms with E-state index in [0.29, 0.717) is 6.41 Å². The maximum absolute atomic E-state index is 10.1. The van der Waals surface area contributed by atoms with Crippen LogP contribution in [0.2, 0.25) is 0 Å². The van der Waals surface area contributed by atoms with Crippen LogP contribution in [-0.2, 0) is 4.79 Å². The Morgan fingerprint density at radius 2 is 2.36 bits per heavy atom. The van der Waals surface area contributed by atoms with Crippen LogP contribution in [-0.4, -0.2) is 6.41 Å². The van der Waals surface area contributed by atoms with Crippen molar-refractivity contribution >= 4 is 29.0 Å². The summed E-state index contributed by atoms with van der Waals surface area (Å²) >= 11 is 2.23. The van der Waals surface area contributed by atoms with Crippen molar-refractivity contribution < 1.29 is 4.79 Å². The van der Waals surface area contributed by atoms with Crippen molar-refractivity contribution in [2.24, 2.45) is 0 Å². The lowest BCUT2D eigenvalue weighted by Crippen LogP contribution is -2.08. The van der Waals surface area contributed by atoms with E-state index < -0.39 is 0 Å². The summed E-state index contributed by atoms with van der Waals surface area (Å²) in [6.45, 7) is 0. The van der Waals surface area contributed by atoms with Crippen molar-refractivity contribution in [3.63, 3.8) is 0 Å². The van der Waals surface area contributed by atoms with Gasteiger partial charge < -0.3 is 5.32 Å². The van der Waals surface area contributed by atoms with Gasteiger partial charge in [-0.3, -0.25) is 4.79 Å². The number of hydrogen-bond donors (Lipinski definition) is 1. The first kappa shape index (κ1) is 8.52. The first-order valence-corrected chi connectivity index (χ1v) is 4.34. The van der Waals surface area contributed by atoms with Crippen molar-refractivity contribution in [2.75, 3.05) is 0 Å². The second-order valence-corrected chi connectivity index (χ2v) is 3.36. The molecule has 0 saturated heterocycles. The molecule has 1 rings (SSSR count). The molecule has 0 radical (unpaired) electrons. The molecule has 0 fully saturated rings. The first-order valence-electron chi connectivity index (χ1n) is 3.26. The molecule has 0 bridgehead atoms. The molecule has 0 aromatic rings. The number of hydrogen-bond acceptors (Lipinski definition) is 1. The highest BCUT2D eigenvalue weighted by atomic mass is 127. The fourth-order valence-electron chi connectivity index (χ4n) is 0.785. The maximum atomic E-state index is 10.1. The van der Waals surface area contributed by atoms with Crippen LogP contribution >= 0.6 is 22.6 Å². The van der Waals surface area contributed by atoms with E-state index >= 15 is 0 Å². The van der Waals surface area contributed by atoms with Gasteiger partial charge in [0.05, 0.1) is 0 Å². The molecule has 0 aliphatic heterocycles. The van der Waals surface area contributed by atoms with Crippen molar-refractivity contribution in [3.8, 4) is 0 Å². The minimum Gasteiger partial charge on any atom is -0.332 e. The Morgan fingerprint density at radius 1 is 1.55 bits per heavy atom. The Morgan fingerprint density at radius 3 is 3.09 bits per heavy atom. The molecular formula is C8H8INO. The van der Waals surface area contributed by atoms with Gasteiger partial charge in [0, 0.05) is 15.7 Å². The van der Waals surface area contributed by atoms with Crippen molar-refractivity contribution in [1.82, 2.24) is 5.32 Å². The smallest absolute Gasteiger partial charge is 0.211 e. The zero-order chi connectivity index (χ0) is 8.10. The maximum Gasteiger partial charge on any atom is 0.211 e. The summed E-state index contributed by atoms with van der Waals surface area (Å²) in [4.78, 5) is 10.1. The van der Waals surface area contributed by atoms with Gasteiger partial charge in [-0.05, 0) is 34.7 Å². The minimum atomic E-state index is 0.700. The Kier molecular flexibility index (Phi) is 3.35. The fourth-order valence-corrected chi connectivity index (χ4v) is 1.22. The Bertz CT molecular complexity index is 240. The number of rotatable bonds is 2. The summed E-state index contributed by atoms with van der Waals surface area (Å²) < 4.78 is 1.17. The monoisotopic (exact) mass is 261 g/mol. The van der Waals surface area contributed by atoms with Crippen LogP contribution in [0.1, 0.15) is 6.42 Å². The van der Waals surface area contributed by atoms with Gasteiger partial charge >= 0.3 is 0 Å². The second-order valence-electron chi connectivity index (χ2n) is 2.11. The highest BCUT2D eigenvalue weighted by Gasteiger charge is 1.94. The average molecular weight is 261 g/mol. The van der Waals surface area contributed by atoms with Crippen LogP contribution in [0.3, 0.4) is 0 Å². The average Bonchev–Trinajstić information content (AvgIpc) is 2.17. The van der Waals surface area contributed by atoms with E-state index in [4.69, 9.17) is 0 Å². The first-order chi connectivity index (χ1) is 5.33. The highest BCUT2D eigenvalue weighted by Crippen LogP contribution is 2.13.